The second kappa shape index (κ2) is 7.47. The molecule has 0 atom stereocenters. The Kier molecular flexibility index (Phi) is 6.64. The Bertz CT molecular complexity index is 334. The van der Waals surface area contributed by atoms with E-state index in [2.05, 4.69) is 46.9 Å². The van der Waals surface area contributed by atoms with Gasteiger partial charge in [-0.2, -0.15) is 0 Å². The van der Waals surface area contributed by atoms with Gasteiger partial charge in [-0.05, 0) is 17.5 Å². The van der Waals surface area contributed by atoms with Gasteiger partial charge in [-0.25, -0.2) is 0 Å². The fourth-order valence-electron chi connectivity index (χ4n) is 1.72. The van der Waals surface area contributed by atoms with Gasteiger partial charge < -0.3 is 13.3 Å². The largest absolute Gasteiger partial charge is 0.500 e. The molecular formula is C12H19IO3Si. The Hall–Kier alpha value is 0.0469. The zero-order valence-corrected chi connectivity index (χ0v) is 13.7. The number of halogens is 1. The standard InChI is InChI=1S/C12H19IO3Si/c1-14-17(15-2,16-3)8-7-11-5-4-6-12(9-11)10-13/h4-6,9H,7-8,10H2,1-3H3. The van der Waals surface area contributed by atoms with Crippen molar-refractivity contribution in [3.63, 3.8) is 0 Å². The van der Waals surface area contributed by atoms with E-state index in [0.29, 0.717) is 0 Å². The lowest BCUT2D eigenvalue weighted by atomic mass is 10.1. The minimum Gasteiger partial charge on any atom is -0.377 e. The fraction of sp³-hybridized carbons (Fsp3) is 0.500. The van der Waals surface area contributed by atoms with E-state index in [1.807, 2.05) is 0 Å². The molecule has 5 heteroatoms. The Morgan fingerprint density at radius 1 is 1.06 bits per heavy atom. The van der Waals surface area contributed by atoms with Crippen molar-refractivity contribution in [3.8, 4) is 0 Å². The summed E-state index contributed by atoms with van der Waals surface area (Å²) in [4.78, 5) is 0. The number of rotatable bonds is 7. The van der Waals surface area contributed by atoms with Gasteiger partial charge in [0, 0.05) is 31.8 Å². The summed E-state index contributed by atoms with van der Waals surface area (Å²) in [5.41, 5.74) is 2.66. The molecule has 17 heavy (non-hydrogen) atoms. The molecule has 96 valence electrons. The molecule has 0 spiro atoms. The molecular weight excluding hydrogens is 347 g/mol. The number of aryl methyl sites for hydroxylation is 1. The van der Waals surface area contributed by atoms with Crippen LogP contribution in [0.3, 0.4) is 0 Å². The number of alkyl halides is 1. The molecule has 1 rings (SSSR count). The number of hydrogen-bond donors (Lipinski definition) is 0. The third-order valence-corrected chi connectivity index (χ3v) is 6.41. The van der Waals surface area contributed by atoms with E-state index in [0.717, 1.165) is 16.9 Å². The van der Waals surface area contributed by atoms with Crippen LogP contribution >= 0.6 is 22.6 Å². The monoisotopic (exact) mass is 366 g/mol. The fourth-order valence-corrected chi connectivity index (χ4v) is 3.90. The first kappa shape index (κ1) is 15.1. The van der Waals surface area contributed by atoms with Crippen molar-refractivity contribution in [3.05, 3.63) is 35.4 Å². The molecule has 1 aromatic carbocycles. The highest BCUT2D eigenvalue weighted by Crippen LogP contribution is 2.18. The van der Waals surface area contributed by atoms with E-state index in [9.17, 15) is 0 Å². The highest BCUT2D eigenvalue weighted by molar-refractivity contribution is 14.1. The highest BCUT2D eigenvalue weighted by atomic mass is 127. The second-order valence-electron chi connectivity index (χ2n) is 3.75. The molecule has 1 aromatic rings. The van der Waals surface area contributed by atoms with Crippen LogP contribution in [0.4, 0.5) is 0 Å². The van der Waals surface area contributed by atoms with E-state index in [4.69, 9.17) is 13.3 Å². The zero-order valence-electron chi connectivity index (χ0n) is 10.5. The Morgan fingerprint density at radius 3 is 2.18 bits per heavy atom. The first-order valence-electron chi connectivity index (χ1n) is 5.49. The minimum absolute atomic E-state index is 0.807. The van der Waals surface area contributed by atoms with Gasteiger partial charge in [0.15, 0.2) is 0 Å². The Morgan fingerprint density at radius 2 is 1.65 bits per heavy atom. The van der Waals surface area contributed by atoms with Crippen LogP contribution in [0, 0.1) is 0 Å². The van der Waals surface area contributed by atoms with Crippen LogP contribution in [0.5, 0.6) is 0 Å². The average molecular weight is 366 g/mol. The molecule has 0 amide bonds. The van der Waals surface area contributed by atoms with Gasteiger partial charge in [-0.3, -0.25) is 0 Å². The highest BCUT2D eigenvalue weighted by Gasteiger charge is 2.37. The van der Waals surface area contributed by atoms with Crippen molar-refractivity contribution in [1.82, 2.24) is 0 Å². The maximum Gasteiger partial charge on any atom is 0.500 e. The van der Waals surface area contributed by atoms with E-state index < -0.39 is 8.80 Å². The second-order valence-corrected chi connectivity index (χ2v) is 7.60. The van der Waals surface area contributed by atoms with Crippen molar-refractivity contribution in [2.24, 2.45) is 0 Å². The SMILES string of the molecule is CO[Si](CCc1cccc(CI)c1)(OC)OC. The molecule has 0 unspecified atom stereocenters. The number of benzene rings is 1. The summed E-state index contributed by atoms with van der Waals surface area (Å²) in [7, 11) is 2.53. The molecule has 0 aromatic heterocycles. The summed E-state index contributed by atoms with van der Waals surface area (Å²) in [5.74, 6) is 0. The minimum atomic E-state index is -2.43. The summed E-state index contributed by atoms with van der Waals surface area (Å²) >= 11 is 2.37. The lowest BCUT2D eigenvalue weighted by molar-refractivity contribution is 0.123. The molecule has 0 radical (unpaired) electrons. The smallest absolute Gasteiger partial charge is 0.377 e. The van der Waals surface area contributed by atoms with E-state index >= 15 is 0 Å². The molecule has 0 fully saturated rings. The van der Waals surface area contributed by atoms with Gasteiger partial charge in [0.2, 0.25) is 0 Å². The van der Waals surface area contributed by atoms with Crippen LogP contribution in [-0.4, -0.2) is 30.1 Å². The molecule has 3 nitrogen and oxygen atoms in total. The van der Waals surface area contributed by atoms with E-state index in [1.54, 1.807) is 21.3 Å². The first-order chi connectivity index (χ1) is 8.19. The molecule has 0 aliphatic rings. The lowest BCUT2D eigenvalue weighted by Crippen LogP contribution is -2.43. The van der Waals surface area contributed by atoms with Gasteiger partial charge in [0.25, 0.3) is 0 Å². The number of hydrogen-bond acceptors (Lipinski definition) is 3. The van der Waals surface area contributed by atoms with Crippen molar-refractivity contribution >= 4 is 31.4 Å². The maximum atomic E-state index is 5.41. The van der Waals surface area contributed by atoms with Crippen molar-refractivity contribution < 1.29 is 13.3 Å². The quantitative estimate of drug-likeness (QED) is 0.422. The zero-order chi connectivity index (χ0) is 12.7. The van der Waals surface area contributed by atoms with Crippen molar-refractivity contribution in [2.75, 3.05) is 21.3 Å². The summed E-state index contributed by atoms with van der Waals surface area (Å²) in [6, 6.07) is 9.41. The summed E-state index contributed by atoms with van der Waals surface area (Å²) in [6.07, 6.45) is 0.923. The predicted molar refractivity (Wildman–Crippen MR) is 79.5 cm³/mol. The Labute approximate surface area is 118 Å². The van der Waals surface area contributed by atoms with Gasteiger partial charge in [0.05, 0.1) is 0 Å². The third kappa shape index (κ3) is 4.33. The van der Waals surface area contributed by atoms with Crippen molar-refractivity contribution in [2.45, 2.75) is 16.9 Å². The average Bonchev–Trinajstić information content (AvgIpc) is 2.41. The summed E-state index contributed by atoms with van der Waals surface area (Å²) in [5, 5.41) is 0. The molecule has 0 bridgehead atoms. The molecule has 0 saturated carbocycles. The maximum absolute atomic E-state index is 5.41. The Balaban J connectivity index is 2.65. The lowest BCUT2D eigenvalue weighted by Gasteiger charge is -2.24. The van der Waals surface area contributed by atoms with Gasteiger partial charge in [-0.15, -0.1) is 0 Å². The predicted octanol–water partition coefficient (Wildman–Crippen LogP) is 3.04. The van der Waals surface area contributed by atoms with Crippen LogP contribution in [0.1, 0.15) is 11.1 Å². The molecule has 0 heterocycles. The topological polar surface area (TPSA) is 27.7 Å². The van der Waals surface area contributed by atoms with Crippen LogP contribution in [-0.2, 0) is 24.1 Å². The molecule has 0 aliphatic carbocycles. The third-order valence-electron chi connectivity index (χ3n) is 2.80. The van der Waals surface area contributed by atoms with Crippen LogP contribution in [0.15, 0.2) is 24.3 Å². The molecule has 0 N–H and O–H groups in total. The summed E-state index contributed by atoms with van der Waals surface area (Å²) in [6.45, 7) is 0. The normalized spacial score (nSPS) is 11.8. The van der Waals surface area contributed by atoms with Gasteiger partial charge in [0.1, 0.15) is 0 Å². The van der Waals surface area contributed by atoms with Gasteiger partial charge >= 0.3 is 8.80 Å². The van der Waals surface area contributed by atoms with Crippen LogP contribution < -0.4 is 0 Å². The molecule has 0 saturated heterocycles. The molecule has 0 aliphatic heterocycles. The van der Waals surface area contributed by atoms with Gasteiger partial charge in [-0.1, -0.05) is 46.9 Å². The van der Waals surface area contributed by atoms with Crippen molar-refractivity contribution in [1.29, 1.82) is 0 Å². The van der Waals surface area contributed by atoms with Crippen LogP contribution in [0.2, 0.25) is 6.04 Å². The summed E-state index contributed by atoms with van der Waals surface area (Å²) < 4.78 is 17.3. The van der Waals surface area contributed by atoms with Crippen LogP contribution in [0.25, 0.3) is 0 Å². The van der Waals surface area contributed by atoms with E-state index in [-0.39, 0.29) is 0 Å². The first-order valence-corrected chi connectivity index (χ1v) is 8.94. The van der Waals surface area contributed by atoms with E-state index in [1.165, 1.54) is 11.1 Å².